The molecule has 0 saturated carbocycles. The van der Waals surface area contributed by atoms with Gasteiger partial charge in [-0.05, 0) is 75.2 Å². The van der Waals surface area contributed by atoms with E-state index in [0.29, 0.717) is 11.6 Å². The molecular weight excluding hydrogens is 472 g/mol. The average Bonchev–Trinajstić information content (AvgIpc) is 2.96. The summed E-state index contributed by atoms with van der Waals surface area (Å²) in [6.45, 7) is 12.5. The monoisotopic (exact) mass is 508 g/mol. The lowest BCUT2D eigenvalue weighted by molar-refractivity contribution is 0.866. The summed E-state index contributed by atoms with van der Waals surface area (Å²) in [6, 6.07) is 24.4. The van der Waals surface area contributed by atoms with E-state index in [0.717, 1.165) is 48.3 Å². The molecule has 0 atom stereocenters. The Kier molecular flexibility index (Phi) is 9.23. The predicted molar refractivity (Wildman–Crippen MR) is 162 cm³/mol. The highest BCUT2D eigenvalue weighted by Crippen LogP contribution is 2.22. The van der Waals surface area contributed by atoms with E-state index < -0.39 is 0 Å². The molecule has 0 radical (unpaired) electrons. The van der Waals surface area contributed by atoms with Crippen molar-refractivity contribution in [3.05, 3.63) is 83.9 Å². The molecule has 1 heterocycles. The first kappa shape index (κ1) is 26.6. The van der Waals surface area contributed by atoms with E-state index in [2.05, 4.69) is 107 Å². The minimum atomic E-state index is 0.494. The highest BCUT2D eigenvalue weighted by molar-refractivity contribution is 5.84. The van der Waals surface area contributed by atoms with Gasteiger partial charge in [-0.3, -0.25) is 10.9 Å². The molecule has 8 nitrogen and oxygen atoms in total. The molecule has 0 bridgehead atoms. The Morgan fingerprint density at radius 1 is 0.579 bits per heavy atom. The Hall–Kier alpha value is -4.46. The number of fused-ring (bicyclic) bond motifs is 1. The van der Waals surface area contributed by atoms with Crippen molar-refractivity contribution in [2.75, 3.05) is 46.8 Å². The van der Waals surface area contributed by atoms with Crippen LogP contribution in [0.1, 0.15) is 38.8 Å². The van der Waals surface area contributed by atoms with Crippen molar-refractivity contribution in [1.29, 1.82) is 0 Å². The van der Waals surface area contributed by atoms with E-state index in [1.165, 1.54) is 11.4 Å². The fourth-order valence-electron chi connectivity index (χ4n) is 4.21. The molecule has 0 spiro atoms. The molecule has 0 aliphatic rings. The van der Waals surface area contributed by atoms with Gasteiger partial charge in [0.1, 0.15) is 0 Å². The Morgan fingerprint density at radius 3 is 1.29 bits per heavy atom. The molecule has 4 rings (SSSR count). The number of rotatable bonds is 12. The predicted octanol–water partition coefficient (Wildman–Crippen LogP) is 6.21. The van der Waals surface area contributed by atoms with Crippen molar-refractivity contribution < 1.29 is 0 Å². The van der Waals surface area contributed by atoms with Gasteiger partial charge < -0.3 is 9.80 Å². The molecule has 0 amide bonds. The third kappa shape index (κ3) is 6.64. The summed E-state index contributed by atoms with van der Waals surface area (Å²) in [6.07, 6.45) is 3.54. The molecule has 3 aromatic carbocycles. The summed E-state index contributed by atoms with van der Waals surface area (Å²) in [7, 11) is 0. The summed E-state index contributed by atoms with van der Waals surface area (Å²) in [5.41, 5.74) is 12.0. The first-order chi connectivity index (χ1) is 18.6. The third-order valence-electron chi connectivity index (χ3n) is 6.38. The van der Waals surface area contributed by atoms with E-state index in [4.69, 9.17) is 9.97 Å². The second-order valence-electron chi connectivity index (χ2n) is 8.68. The van der Waals surface area contributed by atoms with Crippen molar-refractivity contribution >= 4 is 46.5 Å². The van der Waals surface area contributed by atoms with Crippen LogP contribution in [0.15, 0.2) is 83.0 Å². The minimum absolute atomic E-state index is 0.494. The van der Waals surface area contributed by atoms with E-state index in [-0.39, 0.29) is 0 Å². The fraction of sp³-hybridized carbons (Fsp3) is 0.267. The average molecular weight is 509 g/mol. The number of nitrogens with one attached hydrogen (secondary N) is 2. The summed E-state index contributed by atoms with van der Waals surface area (Å²) in [4.78, 5) is 14.0. The Labute approximate surface area is 225 Å². The molecule has 38 heavy (non-hydrogen) atoms. The van der Waals surface area contributed by atoms with Crippen LogP contribution in [0.3, 0.4) is 0 Å². The Balaban J connectivity index is 1.49. The number of hydrogen-bond donors (Lipinski definition) is 2. The van der Waals surface area contributed by atoms with Crippen LogP contribution >= 0.6 is 0 Å². The number of aromatic nitrogens is 2. The molecule has 196 valence electrons. The smallest absolute Gasteiger partial charge is 0.192 e. The zero-order valence-corrected chi connectivity index (χ0v) is 22.6. The molecule has 0 saturated heterocycles. The van der Waals surface area contributed by atoms with Crippen LogP contribution in [0.25, 0.3) is 11.0 Å². The largest absolute Gasteiger partial charge is 0.372 e. The molecule has 2 N–H and O–H groups in total. The molecule has 8 heteroatoms. The molecular formula is C30H36N8. The molecule has 0 unspecified atom stereocenters. The first-order valence-electron chi connectivity index (χ1n) is 13.2. The van der Waals surface area contributed by atoms with Gasteiger partial charge in [0.15, 0.2) is 11.6 Å². The number of nitrogens with zero attached hydrogens (tertiary/aromatic N) is 6. The molecule has 0 aliphatic heterocycles. The maximum Gasteiger partial charge on any atom is 0.192 e. The van der Waals surface area contributed by atoms with Gasteiger partial charge in [-0.25, -0.2) is 9.97 Å². The van der Waals surface area contributed by atoms with E-state index in [9.17, 15) is 0 Å². The normalized spacial score (nSPS) is 11.4. The zero-order valence-electron chi connectivity index (χ0n) is 22.6. The summed E-state index contributed by atoms with van der Waals surface area (Å²) < 4.78 is 0. The van der Waals surface area contributed by atoms with Gasteiger partial charge in [0.25, 0.3) is 0 Å². The SMILES string of the molecule is CCN(CC)c1ccc(/C=N/Nc2nc3ccccc3nc2N/N=C/c2ccc(N(CC)CC)cc2)cc1. The van der Waals surface area contributed by atoms with Gasteiger partial charge in [-0.1, -0.05) is 36.4 Å². The van der Waals surface area contributed by atoms with Crippen LogP contribution in [0.2, 0.25) is 0 Å². The quantitative estimate of drug-likeness (QED) is 0.175. The summed E-state index contributed by atoms with van der Waals surface area (Å²) in [5.74, 6) is 0.988. The lowest BCUT2D eigenvalue weighted by Crippen LogP contribution is -2.21. The number of para-hydroxylation sites is 2. The third-order valence-corrected chi connectivity index (χ3v) is 6.38. The topological polar surface area (TPSA) is 81.0 Å². The highest BCUT2D eigenvalue weighted by Gasteiger charge is 2.08. The van der Waals surface area contributed by atoms with Gasteiger partial charge >= 0.3 is 0 Å². The van der Waals surface area contributed by atoms with Crippen LogP contribution in [0.4, 0.5) is 23.0 Å². The van der Waals surface area contributed by atoms with Crippen LogP contribution in [0, 0.1) is 0 Å². The van der Waals surface area contributed by atoms with E-state index in [1.54, 1.807) is 12.4 Å². The summed E-state index contributed by atoms with van der Waals surface area (Å²) >= 11 is 0. The van der Waals surface area contributed by atoms with Crippen molar-refractivity contribution in [2.45, 2.75) is 27.7 Å². The van der Waals surface area contributed by atoms with Gasteiger partial charge in [-0.15, -0.1) is 0 Å². The van der Waals surface area contributed by atoms with Gasteiger partial charge in [0.2, 0.25) is 0 Å². The number of benzene rings is 3. The number of anilines is 4. The highest BCUT2D eigenvalue weighted by atomic mass is 15.4. The number of hydrogen-bond acceptors (Lipinski definition) is 8. The molecule has 1 aromatic heterocycles. The molecule has 0 aliphatic carbocycles. The standard InChI is InChI=1S/C30H36N8/c1-5-37(6-2)25-17-13-23(14-18-25)21-31-35-29-30(34-28-12-10-9-11-27(28)33-29)36-32-22-24-15-19-26(20-16-24)38(7-3)8-4/h9-22H,5-8H2,1-4H3,(H,33,35)(H,34,36)/b31-21+,32-22+. The maximum atomic E-state index is 4.71. The lowest BCUT2D eigenvalue weighted by atomic mass is 10.2. The Morgan fingerprint density at radius 2 is 0.947 bits per heavy atom. The van der Waals surface area contributed by atoms with Gasteiger partial charge in [-0.2, -0.15) is 10.2 Å². The lowest BCUT2D eigenvalue weighted by Gasteiger charge is -2.20. The van der Waals surface area contributed by atoms with E-state index in [1.807, 2.05) is 24.3 Å². The summed E-state index contributed by atoms with van der Waals surface area (Å²) in [5, 5.41) is 8.83. The molecule has 4 aromatic rings. The van der Waals surface area contributed by atoms with Gasteiger partial charge in [0.05, 0.1) is 23.5 Å². The second-order valence-corrected chi connectivity index (χ2v) is 8.68. The van der Waals surface area contributed by atoms with Crippen molar-refractivity contribution in [3.63, 3.8) is 0 Å². The van der Waals surface area contributed by atoms with Crippen LogP contribution < -0.4 is 20.7 Å². The first-order valence-corrected chi connectivity index (χ1v) is 13.2. The minimum Gasteiger partial charge on any atom is -0.372 e. The van der Waals surface area contributed by atoms with Crippen LogP contribution in [-0.4, -0.2) is 48.6 Å². The fourth-order valence-corrected chi connectivity index (χ4v) is 4.21. The Bertz CT molecular complexity index is 1250. The van der Waals surface area contributed by atoms with Crippen LogP contribution in [-0.2, 0) is 0 Å². The van der Waals surface area contributed by atoms with Gasteiger partial charge in [0, 0.05) is 37.6 Å². The van der Waals surface area contributed by atoms with Crippen LogP contribution in [0.5, 0.6) is 0 Å². The maximum absolute atomic E-state index is 4.71. The van der Waals surface area contributed by atoms with Crippen molar-refractivity contribution in [2.24, 2.45) is 10.2 Å². The molecule has 0 fully saturated rings. The van der Waals surface area contributed by atoms with E-state index >= 15 is 0 Å². The number of hydrazone groups is 2. The van der Waals surface area contributed by atoms with Crippen molar-refractivity contribution in [3.8, 4) is 0 Å². The second kappa shape index (κ2) is 13.2. The zero-order chi connectivity index (χ0) is 26.7. The van der Waals surface area contributed by atoms with Crippen molar-refractivity contribution in [1.82, 2.24) is 9.97 Å².